The van der Waals surface area contributed by atoms with Crippen molar-refractivity contribution in [1.82, 2.24) is 10.2 Å². The third-order valence-electron chi connectivity index (χ3n) is 3.78. The van der Waals surface area contributed by atoms with Gasteiger partial charge in [0.15, 0.2) is 0 Å². The molecule has 0 radical (unpaired) electrons. The largest absolute Gasteiger partial charge is 0.387 e. The molecule has 0 heterocycles. The molecule has 19 heavy (non-hydrogen) atoms. The molecule has 0 aliphatic heterocycles. The van der Waals surface area contributed by atoms with E-state index in [1.54, 1.807) is 6.92 Å². The lowest BCUT2D eigenvalue weighted by molar-refractivity contribution is -0.126. The van der Waals surface area contributed by atoms with Gasteiger partial charge in [-0.05, 0) is 33.9 Å². The first-order chi connectivity index (χ1) is 8.91. The second-order valence-corrected chi connectivity index (χ2v) is 6.49. The van der Waals surface area contributed by atoms with Crippen molar-refractivity contribution in [3.8, 4) is 0 Å². The molecule has 1 unspecified atom stereocenters. The number of hydrogen-bond donors (Lipinski definition) is 2. The molecule has 0 spiro atoms. The molecular weight excluding hydrogens is 240 g/mol. The summed E-state index contributed by atoms with van der Waals surface area (Å²) in [6.45, 7) is 2.66. The Hall–Kier alpha value is -0.610. The quantitative estimate of drug-likeness (QED) is 0.800. The van der Waals surface area contributed by atoms with E-state index in [-0.39, 0.29) is 11.8 Å². The Bertz CT molecular complexity index is 269. The van der Waals surface area contributed by atoms with E-state index in [0.717, 1.165) is 25.7 Å². The second-order valence-electron chi connectivity index (χ2n) is 6.49. The van der Waals surface area contributed by atoms with Crippen LogP contribution in [0.4, 0.5) is 0 Å². The number of nitrogens with one attached hydrogen (secondary N) is 1. The second kappa shape index (κ2) is 7.85. The lowest BCUT2D eigenvalue weighted by atomic mass is 9.90. The van der Waals surface area contributed by atoms with Crippen molar-refractivity contribution in [3.05, 3.63) is 0 Å². The summed E-state index contributed by atoms with van der Waals surface area (Å²) in [5, 5.41) is 13.1. The molecule has 1 saturated carbocycles. The normalized spacial score (nSPS) is 21.5. The highest BCUT2D eigenvalue weighted by Crippen LogP contribution is 2.22. The van der Waals surface area contributed by atoms with Crippen LogP contribution in [0.25, 0.3) is 0 Å². The molecule has 0 bridgehead atoms. The molecule has 4 nitrogen and oxygen atoms in total. The fourth-order valence-corrected chi connectivity index (χ4v) is 2.88. The van der Waals surface area contributed by atoms with E-state index in [4.69, 9.17) is 0 Å². The van der Waals surface area contributed by atoms with Crippen LogP contribution in [0.5, 0.6) is 0 Å². The summed E-state index contributed by atoms with van der Waals surface area (Å²) >= 11 is 0. The average Bonchev–Trinajstić information content (AvgIpc) is 2.23. The number of nitrogens with zero attached hydrogens (tertiary/aromatic N) is 1. The van der Waals surface area contributed by atoms with Crippen molar-refractivity contribution in [2.45, 2.75) is 57.5 Å². The molecule has 0 aromatic rings. The van der Waals surface area contributed by atoms with Crippen molar-refractivity contribution in [2.75, 3.05) is 27.2 Å². The summed E-state index contributed by atoms with van der Waals surface area (Å²) in [7, 11) is 3.84. The van der Waals surface area contributed by atoms with Crippen LogP contribution in [0.1, 0.15) is 51.9 Å². The van der Waals surface area contributed by atoms with Gasteiger partial charge in [-0.25, -0.2) is 0 Å². The van der Waals surface area contributed by atoms with Crippen LogP contribution in [0.15, 0.2) is 0 Å². The van der Waals surface area contributed by atoms with Gasteiger partial charge in [-0.1, -0.05) is 32.1 Å². The number of hydrogen-bond acceptors (Lipinski definition) is 3. The molecule has 1 aliphatic carbocycles. The van der Waals surface area contributed by atoms with Gasteiger partial charge >= 0.3 is 0 Å². The van der Waals surface area contributed by atoms with E-state index in [2.05, 4.69) is 5.32 Å². The first-order valence-electron chi connectivity index (χ1n) is 7.55. The Morgan fingerprint density at radius 1 is 1.21 bits per heavy atom. The van der Waals surface area contributed by atoms with Crippen LogP contribution >= 0.6 is 0 Å². The summed E-state index contributed by atoms with van der Waals surface area (Å²) in [5.74, 6) is 0.274. The zero-order chi connectivity index (χ0) is 14.3. The highest BCUT2D eigenvalue weighted by molar-refractivity contribution is 5.78. The zero-order valence-electron chi connectivity index (χ0n) is 12.7. The van der Waals surface area contributed by atoms with Gasteiger partial charge in [0.05, 0.1) is 5.60 Å². The molecular formula is C15H30N2O2. The predicted molar refractivity (Wildman–Crippen MR) is 78.0 cm³/mol. The first-order valence-corrected chi connectivity index (χ1v) is 7.55. The molecule has 0 saturated heterocycles. The number of likely N-dealkylation sites (N-methyl/N-ethyl adjacent to an activating group) is 1. The van der Waals surface area contributed by atoms with E-state index in [1.807, 2.05) is 19.0 Å². The van der Waals surface area contributed by atoms with Gasteiger partial charge in [0.1, 0.15) is 0 Å². The SMILES string of the molecule is CN(C)CC(C)(O)CNC(=O)C1CCCCCCC1. The summed E-state index contributed by atoms with van der Waals surface area (Å²) in [5.41, 5.74) is -0.860. The minimum Gasteiger partial charge on any atom is -0.387 e. The lowest BCUT2D eigenvalue weighted by Crippen LogP contribution is -2.48. The fraction of sp³-hybridized carbons (Fsp3) is 0.933. The monoisotopic (exact) mass is 270 g/mol. The Kier molecular flexibility index (Phi) is 6.80. The number of rotatable bonds is 5. The van der Waals surface area contributed by atoms with E-state index < -0.39 is 5.60 Å². The molecule has 1 amide bonds. The van der Waals surface area contributed by atoms with E-state index in [1.165, 1.54) is 19.3 Å². The molecule has 1 fully saturated rings. The van der Waals surface area contributed by atoms with Crippen molar-refractivity contribution in [3.63, 3.8) is 0 Å². The van der Waals surface area contributed by atoms with Gasteiger partial charge in [0, 0.05) is 19.0 Å². The van der Waals surface area contributed by atoms with Crippen LogP contribution in [-0.2, 0) is 4.79 Å². The Labute approximate surface area is 117 Å². The molecule has 0 aromatic carbocycles. The van der Waals surface area contributed by atoms with Crippen molar-refractivity contribution >= 4 is 5.91 Å². The number of carbonyl (C=O) groups is 1. The number of amides is 1. The van der Waals surface area contributed by atoms with E-state index in [0.29, 0.717) is 13.1 Å². The third kappa shape index (κ3) is 6.92. The Balaban J connectivity index is 2.36. The van der Waals surface area contributed by atoms with Gasteiger partial charge in [-0.2, -0.15) is 0 Å². The smallest absolute Gasteiger partial charge is 0.223 e. The average molecular weight is 270 g/mol. The predicted octanol–water partition coefficient (Wildman–Crippen LogP) is 1.78. The fourth-order valence-electron chi connectivity index (χ4n) is 2.88. The highest BCUT2D eigenvalue weighted by Gasteiger charge is 2.25. The minimum absolute atomic E-state index is 0.126. The zero-order valence-corrected chi connectivity index (χ0v) is 12.7. The molecule has 1 rings (SSSR count). The maximum atomic E-state index is 12.2. The standard InChI is InChI=1S/C15H30N2O2/c1-15(19,12-17(2)3)11-16-14(18)13-9-7-5-4-6-8-10-13/h13,19H,4-12H2,1-3H3,(H,16,18). The van der Waals surface area contributed by atoms with Crippen molar-refractivity contribution in [1.29, 1.82) is 0 Å². The van der Waals surface area contributed by atoms with Crippen molar-refractivity contribution in [2.24, 2.45) is 5.92 Å². The third-order valence-corrected chi connectivity index (χ3v) is 3.78. The van der Waals surface area contributed by atoms with Gasteiger partial charge in [0.2, 0.25) is 5.91 Å². The van der Waals surface area contributed by atoms with Gasteiger partial charge in [-0.3, -0.25) is 4.79 Å². The van der Waals surface area contributed by atoms with Crippen LogP contribution in [-0.4, -0.2) is 48.7 Å². The lowest BCUT2D eigenvalue weighted by Gasteiger charge is -2.28. The van der Waals surface area contributed by atoms with Gasteiger partial charge in [0.25, 0.3) is 0 Å². The topological polar surface area (TPSA) is 52.6 Å². The van der Waals surface area contributed by atoms with Gasteiger partial charge in [-0.15, -0.1) is 0 Å². The first kappa shape index (κ1) is 16.4. The summed E-state index contributed by atoms with van der Waals surface area (Å²) in [6, 6.07) is 0. The molecule has 2 N–H and O–H groups in total. The van der Waals surface area contributed by atoms with Crippen molar-refractivity contribution < 1.29 is 9.90 Å². The van der Waals surface area contributed by atoms with Crippen LogP contribution in [0.2, 0.25) is 0 Å². The maximum absolute atomic E-state index is 12.2. The molecule has 1 aliphatic rings. The van der Waals surface area contributed by atoms with Gasteiger partial charge < -0.3 is 15.3 Å². The Morgan fingerprint density at radius 2 is 1.74 bits per heavy atom. The maximum Gasteiger partial charge on any atom is 0.223 e. The number of carbonyl (C=O) groups excluding carboxylic acids is 1. The van der Waals surface area contributed by atoms with Crippen LogP contribution in [0.3, 0.4) is 0 Å². The summed E-state index contributed by atoms with van der Waals surface area (Å²) < 4.78 is 0. The summed E-state index contributed by atoms with van der Waals surface area (Å²) in [4.78, 5) is 14.1. The Morgan fingerprint density at radius 3 is 2.26 bits per heavy atom. The van der Waals surface area contributed by atoms with E-state index in [9.17, 15) is 9.90 Å². The van der Waals surface area contributed by atoms with Crippen LogP contribution in [0, 0.1) is 5.92 Å². The van der Waals surface area contributed by atoms with E-state index >= 15 is 0 Å². The molecule has 4 heteroatoms. The highest BCUT2D eigenvalue weighted by atomic mass is 16.3. The van der Waals surface area contributed by atoms with Crippen LogP contribution < -0.4 is 5.32 Å². The molecule has 0 aromatic heterocycles. The summed E-state index contributed by atoms with van der Waals surface area (Å²) in [6.07, 6.45) is 8.14. The minimum atomic E-state index is -0.860. The molecule has 112 valence electrons. The number of aliphatic hydroxyl groups is 1. The molecule has 1 atom stereocenters.